The number of aliphatic carboxylic acids is 1. The minimum absolute atomic E-state index is 0.137. The van der Waals surface area contributed by atoms with E-state index in [1.165, 1.54) is 6.08 Å². The molecule has 0 atom stereocenters. The number of hydrogen-bond donors (Lipinski definition) is 1. The van der Waals surface area contributed by atoms with Crippen molar-refractivity contribution in [3.05, 3.63) is 29.2 Å². The van der Waals surface area contributed by atoms with Gasteiger partial charge in [0.15, 0.2) is 0 Å². The number of rotatable bonds is 2. The fraction of sp³-hybridized carbons (Fsp3) is 0.333. The van der Waals surface area contributed by atoms with Gasteiger partial charge in [0.25, 0.3) is 0 Å². The summed E-state index contributed by atoms with van der Waals surface area (Å²) in [6.07, 6.45) is 1.22. The number of hydrogen-bond acceptors (Lipinski definition) is 3. The maximum absolute atomic E-state index is 10.6. The number of nitriles is 1. The van der Waals surface area contributed by atoms with Gasteiger partial charge in [0, 0.05) is 11.5 Å². The van der Waals surface area contributed by atoms with Crippen molar-refractivity contribution in [3.63, 3.8) is 0 Å². The zero-order chi connectivity index (χ0) is 12.3. The van der Waals surface area contributed by atoms with E-state index in [9.17, 15) is 4.79 Å². The zero-order valence-corrected chi connectivity index (χ0v) is 9.44. The summed E-state index contributed by atoms with van der Waals surface area (Å²) >= 11 is 0. The van der Waals surface area contributed by atoms with E-state index in [-0.39, 0.29) is 11.0 Å². The van der Waals surface area contributed by atoms with Gasteiger partial charge in [-0.1, -0.05) is 20.8 Å². The lowest BCUT2D eigenvalue weighted by Gasteiger charge is -2.13. The summed E-state index contributed by atoms with van der Waals surface area (Å²) in [4.78, 5) is 10.6. The highest BCUT2D eigenvalue weighted by atomic mass is 16.4. The van der Waals surface area contributed by atoms with E-state index in [2.05, 4.69) is 0 Å². The van der Waals surface area contributed by atoms with Crippen molar-refractivity contribution in [1.29, 1.82) is 5.26 Å². The maximum atomic E-state index is 10.6. The second-order valence-corrected chi connectivity index (χ2v) is 4.43. The number of carboxylic acid groups (broad SMARTS) is 1. The third kappa shape index (κ3) is 2.74. The average molecular weight is 219 g/mol. The van der Waals surface area contributed by atoms with E-state index in [4.69, 9.17) is 14.8 Å². The lowest BCUT2D eigenvalue weighted by atomic mass is 9.94. The molecule has 0 saturated carbocycles. The third-order valence-corrected chi connectivity index (χ3v) is 2.00. The number of nitrogens with zero attached hydrogens (tertiary/aromatic N) is 1. The lowest BCUT2D eigenvalue weighted by molar-refractivity contribution is -0.132. The van der Waals surface area contributed by atoms with Gasteiger partial charge in [-0.05, 0) is 12.1 Å². The molecule has 0 aliphatic carbocycles. The molecule has 4 heteroatoms. The van der Waals surface area contributed by atoms with Gasteiger partial charge in [0.1, 0.15) is 23.2 Å². The van der Waals surface area contributed by atoms with Gasteiger partial charge in [-0.15, -0.1) is 0 Å². The molecule has 0 amide bonds. The Morgan fingerprint density at radius 3 is 2.50 bits per heavy atom. The van der Waals surface area contributed by atoms with Crippen molar-refractivity contribution in [2.75, 3.05) is 0 Å². The molecule has 1 N–H and O–H groups in total. The fourth-order valence-corrected chi connectivity index (χ4v) is 1.12. The summed E-state index contributed by atoms with van der Waals surface area (Å²) in [5.74, 6) is -0.124. The highest BCUT2D eigenvalue weighted by molar-refractivity contribution is 5.96. The molecule has 0 radical (unpaired) electrons. The Kier molecular flexibility index (Phi) is 3.19. The molecule has 16 heavy (non-hydrogen) atoms. The largest absolute Gasteiger partial charge is 0.477 e. The van der Waals surface area contributed by atoms with Crippen LogP contribution >= 0.6 is 0 Å². The lowest BCUT2D eigenvalue weighted by Crippen LogP contribution is -2.08. The van der Waals surface area contributed by atoms with Crippen LogP contribution in [-0.2, 0) is 10.2 Å². The van der Waals surface area contributed by atoms with Crippen molar-refractivity contribution in [2.45, 2.75) is 26.2 Å². The summed E-state index contributed by atoms with van der Waals surface area (Å²) in [5, 5.41) is 17.3. The Bertz CT molecular complexity index is 469. The maximum Gasteiger partial charge on any atom is 0.346 e. The van der Waals surface area contributed by atoms with E-state index in [1.807, 2.05) is 20.8 Å². The quantitative estimate of drug-likeness (QED) is 0.612. The molecule has 0 unspecified atom stereocenters. The molecule has 1 aromatic heterocycles. The molecule has 0 saturated heterocycles. The van der Waals surface area contributed by atoms with Crippen molar-refractivity contribution >= 4 is 12.0 Å². The Morgan fingerprint density at radius 1 is 1.50 bits per heavy atom. The van der Waals surface area contributed by atoms with Gasteiger partial charge in [0.05, 0.1) is 0 Å². The zero-order valence-electron chi connectivity index (χ0n) is 9.44. The molecule has 0 aliphatic rings. The molecule has 0 aliphatic heterocycles. The SMILES string of the molecule is CC(C)(C)c1ccc(/C=C(\C#N)C(=O)O)o1. The van der Waals surface area contributed by atoms with Crippen molar-refractivity contribution in [2.24, 2.45) is 0 Å². The highest BCUT2D eigenvalue weighted by Crippen LogP contribution is 2.25. The van der Waals surface area contributed by atoms with Gasteiger partial charge in [-0.2, -0.15) is 5.26 Å². The topological polar surface area (TPSA) is 74.2 Å². The van der Waals surface area contributed by atoms with Crippen LogP contribution in [0.25, 0.3) is 6.08 Å². The van der Waals surface area contributed by atoms with Crippen LogP contribution in [0.15, 0.2) is 22.1 Å². The van der Waals surface area contributed by atoms with E-state index in [0.717, 1.165) is 5.76 Å². The minimum atomic E-state index is -1.25. The second-order valence-electron chi connectivity index (χ2n) is 4.43. The molecule has 84 valence electrons. The second kappa shape index (κ2) is 4.23. The smallest absolute Gasteiger partial charge is 0.346 e. The number of carboxylic acids is 1. The molecular weight excluding hydrogens is 206 g/mol. The highest BCUT2D eigenvalue weighted by Gasteiger charge is 2.18. The molecule has 1 heterocycles. The minimum Gasteiger partial charge on any atom is -0.477 e. The Labute approximate surface area is 93.8 Å². The van der Waals surface area contributed by atoms with Crippen LogP contribution in [0.3, 0.4) is 0 Å². The van der Waals surface area contributed by atoms with Gasteiger partial charge in [-0.3, -0.25) is 0 Å². The normalized spacial score (nSPS) is 12.2. The Morgan fingerprint density at radius 2 is 2.12 bits per heavy atom. The third-order valence-electron chi connectivity index (χ3n) is 2.00. The molecule has 1 aromatic rings. The standard InChI is InChI=1S/C12H13NO3/c1-12(2,3)10-5-4-9(16-10)6-8(7-13)11(14)15/h4-6H,1-3H3,(H,14,15)/b8-6+. The van der Waals surface area contributed by atoms with Gasteiger partial charge in [-0.25, -0.2) is 4.79 Å². The van der Waals surface area contributed by atoms with Crippen LogP contribution in [0, 0.1) is 11.3 Å². The first-order valence-corrected chi connectivity index (χ1v) is 4.80. The van der Waals surface area contributed by atoms with Crippen LogP contribution < -0.4 is 0 Å². The predicted molar refractivity (Wildman–Crippen MR) is 58.6 cm³/mol. The predicted octanol–water partition coefficient (Wildman–Crippen LogP) is 2.57. The van der Waals surface area contributed by atoms with Crippen LogP contribution in [0.2, 0.25) is 0 Å². The van der Waals surface area contributed by atoms with Crippen molar-refractivity contribution < 1.29 is 14.3 Å². The van der Waals surface area contributed by atoms with E-state index < -0.39 is 5.97 Å². The first-order chi connectivity index (χ1) is 7.34. The van der Waals surface area contributed by atoms with Crippen LogP contribution in [-0.4, -0.2) is 11.1 Å². The van der Waals surface area contributed by atoms with Gasteiger partial charge in [0.2, 0.25) is 0 Å². The summed E-state index contributed by atoms with van der Waals surface area (Å²) in [6.45, 7) is 5.96. The number of carbonyl (C=O) groups is 1. The van der Waals surface area contributed by atoms with Crippen molar-refractivity contribution in [1.82, 2.24) is 0 Å². The summed E-state index contributed by atoms with van der Waals surface area (Å²) in [5.41, 5.74) is -0.475. The molecule has 0 fully saturated rings. The van der Waals surface area contributed by atoms with Crippen LogP contribution in [0.1, 0.15) is 32.3 Å². The molecule has 0 spiro atoms. The summed E-state index contributed by atoms with van der Waals surface area (Å²) < 4.78 is 5.44. The molecule has 4 nitrogen and oxygen atoms in total. The van der Waals surface area contributed by atoms with E-state index in [1.54, 1.807) is 18.2 Å². The summed E-state index contributed by atoms with van der Waals surface area (Å²) in [6, 6.07) is 5.03. The average Bonchev–Trinajstić information content (AvgIpc) is 2.61. The van der Waals surface area contributed by atoms with Gasteiger partial charge >= 0.3 is 5.97 Å². The van der Waals surface area contributed by atoms with Crippen LogP contribution in [0.5, 0.6) is 0 Å². The first-order valence-electron chi connectivity index (χ1n) is 4.80. The molecule has 0 bridgehead atoms. The van der Waals surface area contributed by atoms with Crippen molar-refractivity contribution in [3.8, 4) is 6.07 Å². The number of furan rings is 1. The summed E-state index contributed by atoms with van der Waals surface area (Å²) in [7, 11) is 0. The molecular formula is C12H13NO3. The Hall–Kier alpha value is -2.02. The molecule has 1 rings (SSSR count). The fourth-order valence-electron chi connectivity index (χ4n) is 1.12. The molecule has 0 aromatic carbocycles. The van der Waals surface area contributed by atoms with Crippen LogP contribution in [0.4, 0.5) is 0 Å². The first kappa shape index (κ1) is 12.1. The van der Waals surface area contributed by atoms with E-state index in [0.29, 0.717) is 5.76 Å². The van der Waals surface area contributed by atoms with Gasteiger partial charge < -0.3 is 9.52 Å². The Balaban J connectivity index is 3.05. The van der Waals surface area contributed by atoms with E-state index >= 15 is 0 Å². The monoisotopic (exact) mass is 219 g/mol.